The third kappa shape index (κ3) is 6.40. The number of carbonyl (C=O) groups excluding carboxylic acids is 2. The molecular weight excluding hydrogens is 420 g/mol. The van der Waals surface area contributed by atoms with Crippen LogP contribution in [0.4, 0.5) is 0 Å². The van der Waals surface area contributed by atoms with Gasteiger partial charge in [-0.05, 0) is 43.5 Å². The third-order valence-electron chi connectivity index (χ3n) is 5.04. The molecule has 1 saturated heterocycles. The summed E-state index contributed by atoms with van der Waals surface area (Å²) in [7, 11) is 0. The summed E-state index contributed by atoms with van der Waals surface area (Å²) in [5.74, 6) is -0.276. The predicted molar refractivity (Wildman–Crippen MR) is 119 cm³/mol. The lowest BCUT2D eigenvalue weighted by molar-refractivity contribution is -0.130. The number of rotatable bonds is 9. The molecule has 2 atom stereocenters. The van der Waals surface area contributed by atoms with Gasteiger partial charge in [0.25, 0.3) is 11.8 Å². The van der Waals surface area contributed by atoms with Crippen LogP contribution in [0.1, 0.15) is 35.2 Å². The van der Waals surface area contributed by atoms with Gasteiger partial charge in [0.2, 0.25) is 0 Å². The average molecular weight is 447 g/mol. The number of benzene rings is 1. The number of hydrazone groups is 1. The Morgan fingerprint density at radius 2 is 2.16 bits per heavy atom. The van der Waals surface area contributed by atoms with Crippen molar-refractivity contribution in [3.63, 3.8) is 0 Å². The number of nitrogens with zero attached hydrogens (tertiary/aromatic N) is 2. The van der Waals surface area contributed by atoms with Crippen LogP contribution < -0.4 is 11.1 Å². The second-order valence-electron chi connectivity index (χ2n) is 7.54. The number of nitrogens with one attached hydrogen (secondary N) is 1. The summed E-state index contributed by atoms with van der Waals surface area (Å²) in [6, 6.07) is 4.64. The lowest BCUT2D eigenvalue weighted by Gasteiger charge is -2.34. The van der Waals surface area contributed by atoms with Crippen LogP contribution in [0.5, 0.6) is 0 Å². The predicted octanol–water partition coefficient (Wildman–Crippen LogP) is 2.38. The van der Waals surface area contributed by atoms with Crippen LogP contribution in [0.15, 0.2) is 48.3 Å². The van der Waals surface area contributed by atoms with Crippen LogP contribution in [-0.4, -0.2) is 54.4 Å². The van der Waals surface area contributed by atoms with E-state index in [0.29, 0.717) is 35.8 Å². The molecule has 2 aliphatic rings. The first-order chi connectivity index (χ1) is 14.9. The molecule has 0 bridgehead atoms. The molecule has 8 nitrogen and oxygen atoms in total. The molecule has 31 heavy (non-hydrogen) atoms. The van der Waals surface area contributed by atoms with E-state index in [-0.39, 0.29) is 42.3 Å². The van der Waals surface area contributed by atoms with Crippen LogP contribution >= 0.6 is 11.6 Å². The molecule has 1 aliphatic heterocycles. The molecule has 2 fully saturated rings. The fourth-order valence-electron chi connectivity index (χ4n) is 3.11. The maximum absolute atomic E-state index is 12.2. The molecule has 3 N–H and O–H groups in total. The van der Waals surface area contributed by atoms with E-state index in [1.54, 1.807) is 18.2 Å². The Bertz CT molecular complexity index is 884. The molecule has 0 aromatic heterocycles. The molecule has 3 rings (SSSR count). The number of ether oxygens (including phenoxy) is 2. The Kier molecular flexibility index (Phi) is 7.84. The Morgan fingerprint density at radius 3 is 2.84 bits per heavy atom. The van der Waals surface area contributed by atoms with E-state index in [2.05, 4.69) is 23.6 Å². The fraction of sp³-hybridized carbons (Fsp3) is 0.409. The molecule has 1 aromatic carbocycles. The van der Waals surface area contributed by atoms with Gasteiger partial charge in [0, 0.05) is 28.8 Å². The Labute approximate surface area is 186 Å². The first-order valence-corrected chi connectivity index (χ1v) is 10.5. The number of halogens is 1. The number of hydrogen-bond acceptors (Lipinski definition) is 6. The van der Waals surface area contributed by atoms with Crippen molar-refractivity contribution in [1.82, 2.24) is 10.3 Å². The zero-order valence-electron chi connectivity index (χ0n) is 17.3. The highest BCUT2D eigenvalue weighted by atomic mass is 35.5. The van der Waals surface area contributed by atoms with Gasteiger partial charge in [0.1, 0.15) is 12.4 Å². The van der Waals surface area contributed by atoms with Gasteiger partial charge in [-0.15, -0.1) is 0 Å². The second-order valence-corrected chi connectivity index (χ2v) is 7.94. The monoisotopic (exact) mass is 446 g/mol. The van der Waals surface area contributed by atoms with Crippen molar-refractivity contribution in [3.8, 4) is 0 Å². The number of nitrogens with two attached hydrogens (primary N) is 1. The lowest BCUT2D eigenvalue weighted by Crippen LogP contribution is -2.53. The molecule has 1 aromatic rings. The van der Waals surface area contributed by atoms with E-state index in [0.717, 1.165) is 12.8 Å². The first-order valence-electron chi connectivity index (χ1n) is 10.1. The number of amides is 2. The van der Waals surface area contributed by atoms with Gasteiger partial charge in [-0.3, -0.25) is 9.59 Å². The summed E-state index contributed by atoms with van der Waals surface area (Å²) < 4.78 is 11.0. The molecule has 0 radical (unpaired) electrons. The SMILES string of the molecule is C=CC(=O)N(/N=C/C(=C)OCc1cc(C(=O)NC2CC2)ccc1Cl)[C@H]1CCOC[C@H]1N. The van der Waals surface area contributed by atoms with Crippen molar-refractivity contribution in [3.05, 3.63) is 59.3 Å². The van der Waals surface area contributed by atoms with Crippen LogP contribution in [0.25, 0.3) is 0 Å². The largest absolute Gasteiger partial charge is 0.488 e. The molecule has 1 heterocycles. The average Bonchev–Trinajstić information content (AvgIpc) is 3.58. The molecule has 2 amide bonds. The van der Waals surface area contributed by atoms with Crippen LogP contribution in [0.3, 0.4) is 0 Å². The van der Waals surface area contributed by atoms with Crippen molar-refractivity contribution in [2.75, 3.05) is 13.2 Å². The molecule has 1 saturated carbocycles. The van der Waals surface area contributed by atoms with Gasteiger partial charge in [0.15, 0.2) is 0 Å². The van der Waals surface area contributed by atoms with E-state index >= 15 is 0 Å². The quantitative estimate of drug-likeness (QED) is 0.262. The standard InChI is InChI=1S/C22H27ClN4O4/c1-3-21(28)27(20-8-9-30-13-19(20)24)25-11-14(2)31-12-16-10-15(4-7-18(16)23)22(29)26-17-5-6-17/h3-4,7,10-11,17,19-20H,1-2,5-6,8-9,12-13,24H2,(H,26,29)/b25-11+/t19-,20+/m1/s1. The van der Waals surface area contributed by atoms with Crippen molar-refractivity contribution in [1.29, 1.82) is 0 Å². The summed E-state index contributed by atoms with van der Waals surface area (Å²) in [6.07, 6.45) is 5.12. The summed E-state index contributed by atoms with van der Waals surface area (Å²) in [5.41, 5.74) is 7.24. The second kappa shape index (κ2) is 10.6. The summed E-state index contributed by atoms with van der Waals surface area (Å²) in [5, 5.41) is 8.92. The van der Waals surface area contributed by atoms with E-state index in [1.807, 2.05) is 0 Å². The van der Waals surface area contributed by atoms with Gasteiger partial charge in [-0.1, -0.05) is 24.8 Å². The molecular formula is C22H27ClN4O4. The Hall–Kier alpha value is -2.68. The normalized spacial score (nSPS) is 20.8. The molecule has 0 spiro atoms. The topological polar surface area (TPSA) is 106 Å². The first kappa shape index (κ1) is 23.0. The van der Waals surface area contributed by atoms with Crippen molar-refractivity contribution in [2.45, 2.75) is 44.0 Å². The zero-order valence-corrected chi connectivity index (χ0v) is 18.0. The van der Waals surface area contributed by atoms with E-state index < -0.39 is 0 Å². The maximum Gasteiger partial charge on any atom is 0.266 e. The van der Waals surface area contributed by atoms with Gasteiger partial charge >= 0.3 is 0 Å². The summed E-state index contributed by atoms with van der Waals surface area (Å²) >= 11 is 6.24. The zero-order chi connectivity index (χ0) is 22.4. The van der Waals surface area contributed by atoms with Crippen molar-refractivity contribution in [2.24, 2.45) is 10.8 Å². The van der Waals surface area contributed by atoms with Gasteiger partial charge < -0.3 is 20.5 Å². The molecule has 9 heteroatoms. The molecule has 166 valence electrons. The van der Waals surface area contributed by atoms with Gasteiger partial charge in [-0.2, -0.15) is 5.10 Å². The van der Waals surface area contributed by atoms with Crippen LogP contribution in [-0.2, 0) is 20.9 Å². The van der Waals surface area contributed by atoms with Crippen molar-refractivity contribution < 1.29 is 19.1 Å². The highest BCUT2D eigenvalue weighted by Crippen LogP contribution is 2.22. The third-order valence-corrected chi connectivity index (χ3v) is 5.41. The lowest BCUT2D eigenvalue weighted by atomic mass is 10.0. The highest BCUT2D eigenvalue weighted by molar-refractivity contribution is 6.31. The number of hydrogen-bond donors (Lipinski definition) is 2. The van der Waals surface area contributed by atoms with E-state index in [4.69, 9.17) is 26.8 Å². The highest BCUT2D eigenvalue weighted by Gasteiger charge is 2.30. The van der Waals surface area contributed by atoms with Crippen molar-refractivity contribution >= 4 is 29.6 Å². The smallest absolute Gasteiger partial charge is 0.266 e. The fourth-order valence-corrected chi connectivity index (χ4v) is 3.28. The minimum Gasteiger partial charge on any atom is -0.488 e. The minimum atomic E-state index is -0.371. The summed E-state index contributed by atoms with van der Waals surface area (Å²) in [6.45, 7) is 8.27. The van der Waals surface area contributed by atoms with Gasteiger partial charge in [-0.25, -0.2) is 5.01 Å². The maximum atomic E-state index is 12.2. The Balaban J connectivity index is 1.61. The van der Waals surface area contributed by atoms with E-state index in [1.165, 1.54) is 17.3 Å². The molecule has 1 aliphatic carbocycles. The summed E-state index contributed by atoms with van der Waals surface area (Å²) in [4.78, 5) is 24.5. The Morgan fingerprint density at radius 1 is 1.39 bits per heavy atom. The van der Waals surface area contributed by atoms with Gasteiger partial charge in [0.05, 0.1) is 24.9 Å². The number of carbonyl (C=O) groups is 2. The van der Waals surface area contributed by atoms with Crippen LogP contribution in [0.2, 0.25) is 5.02 Å². The number of allylic oxidation sites excluding steroid dienone is 1. The van der Waals surface area contributed by atoms with E-state index in [9.17, 15) is 9.59 Å². The molecule has 0 unspecified atom stereocenters. The minimum absolute atomic E-state index is 0.0976. The van der Waals surface area contributed by atoms with Crippen LogP contribution in [0, 0.1) is 0 Å².